The van der Waals surface area contributed by atoms with Crippen molar-refractivity contribution in [2.24, 2.45) is 0 Å². The van der Waals surface area contributed by atoms with E-state index in [2.05, 4.69) is 5.32 Å². The van der Waals surface area contributed by atoms with E-state index < -0.39 is 18.5 Å². The third kappa shape index (κ3) is 6.24. The van der Waals surface area contributed by atoms with Crippen LogP contribution in [-0.2, 0) is 14.3 Å². The molecule has 1 aromatic rings. The lowest BCUT2D eigenvalue weighted by Crippen LogP contribution is -2.26. The molecule has 0 saturated heterocycles. The van der Waals surface area contributed by atoms with Gasteiger partial charge in [-0.1, -0.05) is 0 Å². The molecule has 0 aromatic heterocycles. The number of aliphatic hydroxyl groups is 1. The molecule has 0 bridgehead atoms. The van der Waals surface area contributed by atoms with Crippen molar-refractivity contribution in [3.8, 4) is 0 Å². The molecule has 21 heavy (non-hydrogen) atoms. The van der Waals surface area contributed by atoms with Gasteiger partial charge in [-0.05, 0) is 31.2 Å². The average Bonchev–Trinajstić information content (AvgIpc) is 2.45. The van der Waals surface area contributed by atoms with Gasteiger partial charge in [-0.3, -0.25) is 4.79 Å². The fraction of sp³-hybridized carbons (Fsp3) is 0.429. The Balaban J connectivity index is 2.50. The molecule has 3 N–H and O–H groups in total. The number of hydrogen-bond acceptors (Lipinski definition) is 5. The third-order valence-corrected chi connectivity index (χ3v) is 2.73. The Morgan fingerprint density at radius 3 is 2.43 bits per heavy atom. The minimum Gasteiger partial charge on any atom is -0.480 e. The summed E-state index contributed by atoms with van der Waals surface area (Å²) in [5.41, 5.74) is 1.55. The second kappa shape index (κ2) is 8.93. The van der Waals surface area contributed by atoms with Crippen LogP contribution < -0.4 is 10.2 Å². The molecule has 0 spiro atoms. The van der Waals surface area contributed by atoms with Gasteiger partial charge in [-0.15, -0.1) is 0 Å². The van der Waals surface area contributed by atoms with E-state index in [1.807, 2.05) is 24.0 Å². The minimum atomic E-state index is -1.12. The number of likely N-dealkylation sites (N-methyl/N-ethyl adjacent to an activating group) is 1. The second-order valence-corrected chi connectivity index (χ2v) is 4.28. The van der Waals surface area contributed by atoms with Gasteiger partial charge in [0.2, 0.25) is 5.91 Å². The average molecular weight is 296 g/mol. The second-order valence-electron chi connectivity index (χ2n) is 4.28. The fourth-order valence-electron chi connectivity index (χ4n) is 1.77. The highest BCUT2D eigenvalue weighted by atomic mass is 16.5. The smallest absolute Gasteiger partial charge is 0.329 e. The zero-order chi connectivity index (χ0) is 15.7. The van der Waals surface area contributed by atoms with Gasteiger partial charge in [-0.2, -0.15) is 0 Å². The molecule has 0 atom stereocenters. The van der Waals surface area contributed by atoms with Crippen molar-refractivity contribution >= 4 is 23.3 Å². The Bertz CT molecular complexity index is 461. The summed E-state index contributed by atoms with van der Waals surface area (Å²) < 4.78 is 4.69. The summed E-state index contributed by atoms with van der Waals surface area (Å²) in [4.78, 5) is 23.7. The highest BCUT2D eigenvalue weighted by molar-refractivity contribution is 5.92. The highest BCUT2D eigenvalue weighted by Crippen LogP contribution is 2.17. The first-order valence-corrected chi connectivity index (χ1v) is 6.62. The fourth-order valence-corrected chi connectivity index (χ4v) is 1.77. The number of amides is 1. The van der Waals surface area contributed by atoms with E-state index in [0.717, 1.165) is 12.2 Å². The van der Waals surface area contributed by atoms with Crippen molar-refractivity contribution in [2.75, 3.05) is 43.1 Å². The summed E-state index contributed by atoms with van der Waals surface area (Å²) in [6.07, 6.45) is 0. The number of aliphatic carboxylic acids is 1. The number of carboxylic acids is 1. The van der Waals surface area contributed by atoms with Crippen LogP contribution in [0.3, 0.4) is 0 Å². The molecule has 1 rings (SSSR count). The molecule has 0 saturated carbocycles. The van der Waals surface area contributed by atoms with E-state index in [1.165, 1.54) is 0 Å². The first-order valence-electron chi connectivity index (χ1n) is 6.62. The number of carbonyl (C=O) groups is 2. The number of rotatable bonds is 9. The van der Waals surface area contributed by atoms with Crippen LogP contribution in [0.4, 0.5) is 11.4 Å². The van der Waals surface area contributed by atoms with E-state index in [-0.39, 0.29) is 13.2 Å². The maximum atomic E-state index is 11.5. The van der Waals surface area contributed by atoms with Gasteiger partial charge >= 0.3 is 5.97 Å². The van der Waals surface area contributed by atoms with Crippen LogP contribution in [0.5, 0.6) is 0 Å². The first kappa shape index (κ1) is 16.9. The molecule has 0 aliphatic carbocycles. The van der Waals surface area contributed by atoms with Crippen molar-refractivity contribution in [3.05, 3.63) is 24.3 Å². The number of carbonyl (C=O) groups excluding carboxylic acids is 1. The first-order chi connectivity index (χ1) is 10.1. The van der Waals surface area contributed by atoms with Gasteiger partial charge < -0.3 is 25.2 Å². The Morgan fingerprint density at radius 1 is 1.24 bits per heavy atom. The molecular weight excluding hydrogens is 276 g/mol. The number of carboxylic acid groups (broad SMARTS) is 1. The summed E-state index contributed by atoms with van der Waals surface area (Å²) in [5, 5.41) is 20.0. The van der Waals surface area contributed by atoms with Gasteiger partial charge in [0, 0.05) is 24.5 Å². The number of ether oxygens (including phenoxy) is 1. The summed E-state index contributed by atoms with van der Waals surface area (Å²) in [6, 6.07) is 7.16. The zero-order valence-electron chi connectivity index (χ0n) is 11.9. The molecule has 1 aromatic carbocycles. The quantitative estimate of drug-likeness (QED) is 0.615. The maximum absolute atomic E-state index is 11.5. The molecular formula is C14H20N2O5. The molecule has 7 heteroatoms. The normalized spacial score (nSPS) is 10.2. The van der Waals surface area contributed by atoms with Gasteiger partial charge in [0.25, 0.3) is 0 Å². The summed E-state index contributed by atoms with van der Waals surface area (Å²) in [6.45, 7) is 2.58. The third-order valence-electron chi connectivity index (χ3n) is 2.73. The predicted octanol–water partition coefficient (Wildman–Crippen LogP) is 0.545. The predicted molar refractivity (Wildman–Crippen MR) is 78.5 cm³/mol. The number of nitrogens with one attached hydrogen (secondary N) is 1. The van der Waals surface area contributed by atoms with Crippen molar-refractivity contribution < 1.29 is 24.5 Å². The van der Waals surface area contributed by atoms with Crippen molar-refractivity contribution in [1.29, 1.82) is 0 Å². The molecule has 1 amide bonds. The number of hydrogen-bond donors (Lipinski definition) is 3. The Kier molecular flexibility index (Phi) is 7.20. The number of aliphatic hydroxyl groups excluding tert-OH is 1. The van der Waals surface area contributed by atoms with Crippen LogP contribution in [-0.4, -0.2) is 55.0 Å². The Morgan fingerprint density at radius 2 is 1.90 bits per heavy atom. The van der Waals surface area contributed by atoms with Crippen LogP contribution in [0.2, 0.25) is 0 Å². The number of benzene rings is 1. The molecule has 116 valence electrons. The standard InChI is InChI=1S/C14H20N2O5/c1-2-16(7-8-17)12-5-3-11(4-6-12)15-13(18)9-21-10-14(19)20/h3-6,17H,2,7-10H2,1H3,(H,15,18)(H,19,20). The number of anilines is 2. The molecule has 0 unspecified atom stereocenters. The van der Waals surface area contributed by atoms with Crippen molar-refractivity contribution in [3.63, 3.8) is 0 Å². The van der Waals surface area contributed by atoms with E-state index in [9.17, 15) is 9.59 Å². The van der Waals surface area contributed by atoms with E-state index >= 15 is 0 Å². The lowest BCUT2D eigenvalue weighted by Gasteiger charge is -2.22. The largest absolute Gasteiger partial charge is 0.480 e. The number of nitrogens with zero attached hydrogens (tertiary/aromatic N) is 1. The molecule has 0 radical (unpaired) electrons. The van der Waals surface area contributed by atoms with Crippen molar-refractivity contribution in [1.82, 2.24) is 0 Å². The van der Waals surface area contributed by atoms with Gasteiger partial charge in [-0.25, -0.2) is 4.79 Å². The minimum absolute atomic E-state index is 0.0766. The summed E-state index contributed by atoms with van der Waals surface area (Å²) in [5.74, 6) is -1.53. The van der Waals surface area contributed by atoms with Crippen LogP contribution >= 0.6 is 0 Å². The monoisotopic (exact) mass is 296 g/mol. The summed E-state index contributed by atoms with van der Waals surface area (Å²) >= 11 is 0. The van der Waals surface area contributed by atoms with Crippen LogP contribution in [0.25, 0.3) is 0 Å². The highest BCUT2D eigenvalue weighted by Gasteiger charge is 2.06. The Hall–Kier alpha value is -2.12. The summed E-state index contributed by atoms with van der Waals surface area (Å²) in [7, 11) is 0. The Labute approximate surface area is 123 Å². The lowest BCUT2D eigenvalue weighted by molar-refractivity contribution is -0.143. The molecule has 0 aliphatic heterocycles. The van der Waals surface area contributed by atoms with E-state index in [1.54, 1.807) is 12.1 Å². The SMILES string of the molecule is CCN(CCO)c1ccc(NC(=O)COCC(=O)O)cc1. The van der Waals surface area contributed by atoms with E-state index in [0.29, 0.717) is 12.2 Å². The lowest BCUT2D eigenvalue weighted by atomic mass is 10.2. The maximum Gasteiger partial charge on any atom is 0.329 e. The van der Waals surface area contributed by atoms with Gasteiger partial charge in [0.15, 0.2) is 0 Å². The van der Waals surface area contributed by atoms with Crippen LogP contribution in [0.15, 0.2) is 24.3 Å². The molecule has 0 aliphatic rings. The van der Waals surface area contributed by atoms with Crippen molar-refractivity contribution in [2.45, 2.75) is 6.92 Å². The topological polar surface area (TPSA) is 99.1 Å². The van der Waals surface area contributed by atoms with E-state index in [4.69, 9.17) is 14.9 Å². The van der Waals surface area contributed by atoms with Crippen LogP contribution in [0.1, 0.15) is 6.92 Å². The van der Waals surface area contributed by atoms with Gasteiger partial charge in [0.05, 0.1) is 6.61 Å². The zero-order valence-corrected chi connectivity index (χ0v) is 11.9. The van der Waals surface area contributed by atoms with Gasteiger partial charge in [0.1, 0.15) is 13.2 Å². The molecule has 0 fully saturated rings. The van der Waals surface area contributed by atoms with Crippen LogP contribution in [0, 0.1) is 0 Å². The molecule has 0 heterocycles. The molecule has 7 nitrogen and oxygen atoms in total.